The third kappa shape index (κ3) is 4.40. The van der Waals surface area contributed by atoms with Crippen LogP contribution >= 0.6 is 11.3 Å². The second-order valence-corrected chi connectivity index (χ2v) is 7.00. The molecule has 2 aromatic heterocycles. The lowest BCUT2D eigenvalue weighted by Crippen LogP contribution is -2.42. The van der Waals surface area contributed by atoms with E-state index >= 15 is 0 Å². The molecule has 0 aliphatic carbocycles. The molecule has 0 bridgehead atoms. The monoisotopic (exact) mass is 427 g/mol. The van der Waals surface area contributed by atoms with Crippen molar-refractivity contribution in [2.45, 2.75) is 19.3 Å². The van der Waals surface area contributed by atoms with Gasteiger partial charge in [-0.1, -0.05) is 6.07 Å². The van der Waals surface area contributed by atoms with Gasteiger partial charge in [-0.2, -0.15) is 13.2 Å². The lowest BCUT2D eigenvalue weighted by Gasteiger charge is -2.13. The highest BCUT2D eigenvalue weighted by molar-refractivity contribution is 7.17. The van der Waals surface area contributed by atoms with Crippen molar-refractivity contribution >= 4 is 33.1 Å². The number of methoxy groups -OCH3 is 1. The van der Waals surface area contributed by atoms with Gasteiger partial charge in [0.15, 0.2) is 0 Å². The summed E-state index contributed by atoms with van der Waals surface area (Å²) in [6, 6.07) is 5.73. The number of amides is 1. The molecule has 0 atom stereocenters. The summed E-state index contributed by atoms with van der Waals surface area (Å²) in [5, 5.41) is 3.98. The first-order chi connectivity index (χ1) is 13.7. The number of ether oxygens (including phenoxy) is 1. The van der Waals surface area contributed by atoms with Gasteiger partial charge in [0.25, 0.3) is 5.56 Å². The fraction of sp³-hybridized carbons (Fsp3) is 0.278. The number of carbonyl (C=O) groups excluding carboxylic acids is 1. The third-order valence-electron chi connectivity index (χ3n) is 4.13. The Bertz CT molecular complexity index is 1160. The summed E-state index contributed by atoms with van der Waals surface area (Å²) in [6.07, 6.45) is -4.54. The fourth-order valence-corrected chi connectivity index (χ4v) is 3.63. The van der Waals surface area contributed by atoms with Gasteiger partial charge < -0.3 is 10.1 Å². The average molecular weight is 427 g/mol. The largest absolute Gasteiger partial charge is 0.416 e. The maximum Gasteiger partial charge on any atom is 0.416 e. The van der Waals surface area contributed by atoms with E-state index in [4.69, 9.17) is 4.74 Å². The molecule has 0 radical (unpaired) electrons. The van der Waals surface area contributed by atoms with Crippen molar-refractivity contribution in [2.24, 2.45) is 0 Å². The van der Waals surface area contributed by atoms with E-state index in [0.29, 0.717) is 4.70 Å². The highest BCUT2D eigenvalue weighted by Crippen LogP contribution is 2.30. The van der Waals surface area contributed by atoms with E-state index in [-0.39, 0.29) is 24.4 Å². The summed E-state index contributed by atoms with van der Waals surface area (Å²) >= 11 is 1.13. The number of aromatic nitrogens is 2. The van der Waals surface area contributed by atoms with Crippen LogP contribution < -0.4 is 16.6 Å². The van der Waals surface area contributed by atoms with Crippen LogP contribution in [0.5, 0.6) is 0 Å². The van der Waals surface area contributed by atoms with E-state index in [1.54, 1.807) is 11.4 Å². The quantitative estimate of drug-likeness (QED) is 0.656. The second kappa shape index (κ2) is 8.21. The van der Waals surface area contributed by atoms with Crippen LogP contribution in [0.15, 0.2) is 45.3 Å². The molecule has 11 heteroatoms. The van der Waals surface area contributed by atoms with Crippen LogP contribution in [0.25, 0.3) is 10.2 Å². The van der Waals surface area contributed by atoms with Gasteiger partial charge in [0.2, 0.25) is 5.91 Å². The molecule has 3 aromatic rings. The topological polar surface area (TPSA) is 82.3 Å². The number of hydrogen-bond donors (Lipinski definition) is 1. The third-order valence-corrected chi connectivity index (χ3v) is 5.02. The fourth-order valence-electron chi connectivity index (χ4n) is 2.78. The van der Waals surface area contributed by atoms with Gasteiger partial charge in [-0.05, 0) is 29.6 Å². The van der Waals surface area contributed by atoms with Crippen molar-refractivity contribution in [1.29, 1.82) is 0 Å². The van der Waals surface area contributed by atoms with Crippen LogP contribution in [0.4, 0.5) is 18.9 Å². The number of nitrogens with one attached hydrogen (secondary N) is 1. The number of carbonyl (C=O) groups is 1. The molecule has 0 fully saturated rings. The molecule has 0 spiro atoms. The molecule has 0 unspecified atom stereocenters. The highest BCUT2D eigenvalue weighted by Gasteiger charge is 2.30. The summed E-state index contributed by atoms with van der Waals surface area (Å²) in [4.78, 5) is 37.6. The van der Waals surface area contributed by atoms with Crippen molar-refractivity contribution < 1.29 is 22.7 Å². The number of nitrogens with zero attached hydrogens (tertiary/aromatic N) is 2. The summed E-state index contributed by atoms with van der Waals surface area (Å²) in [7, 11) is 1.43. The lowest BCUT2D eigenvalue weighted by molar-refractivity contribution is -0.137. The van der Waals surface area contributed by atoms with Crippen LogP contribution in [0, 0.1) is 0 Å². The van der Waals surface area contributed by atoms with Gasteiger partial charge in [-0.25, -0.2) is 4.79 Å². The highest BCUT2D eigenvalue weighted by atomic mass is 32.1. The molecular formula is C18H16F3N3O4S. The molecule has 3 rings (SSSR count). The zero-order valence-electron chi connectivity index (χ0n) is 15.2. The maximum absolute atomic E-state index is 12.8. The predicted octanol–water partition coefficient (Wildman–Crippen LogP) is 2.53. The van der Waals surface area contributed by atoms with Gasteiger partial charge in [-0.3, -0.25) is 18.7 Å². The number of thiophene rings is 1. The minimum absolute atomic E-state index is 0.0112. The minimum Gasteiger partial charge on any atom is -0.383 e. The lowest BCUT2D eigenvalue weighted by atomic mass is 10.2. The van der Waals surface area contributed by atoms with Crippen LogP contribution in [-0.2, 0) is 28.8 Å². The number of benzene rings is 1. The molecule has 0 saturated carbocycles. The molecular weight excluding hydrogens is 411 g/mol. The molecule has 0 saturated heterocycles. The van der Waals surface area contributed by atoms with Crippen molar-refractivity contribution in [2.75, 3.05) is 19.0 Å². The average Bonchev–Trinajstić information content (AvgIpc) is 3.15. The Hall–Kier alpha value is -2.92. The first kappa shape index (κ1) is 20.8. The Balaban J connectivity index is 1.92. The van der Waals surface area contributed by atoms with E-state index in [0.717, 1.165) is 32.6 Å². The van der Waals surface area contributed by atoms with E-state index in [9.17, 15) is 27.6 Å². The zero-order valence-corrected chi connectivity index (χ0v) is 16.0. The summed E-state index contributed by atoms with van der Waals surface area (Å²) in [5.74, 6) is -0.698. The van der Waals surface area contributed by atoms with Crippen molar-refractivity contribution in [3.8, 4) is 0 Å². The number of rotatable bonds is 6. The van der Waals surface area contributed by atoms with E-state index in [1.165, 1.54) is 19.2 Å². The van der Waals surface area contributed by atoms with Crippen LogP contribution in [0.3, 0.4) is 0 Å². The van der Waals surface area contributed by atoms with Gasteiger partial charge in [0.1, 0.15) is 11.2 Å². The Morgan fingerprint density at radius 1 is 1.21 bits per heavy atom. The molecule has 1 N–H and O–H groups in total. The number of halogens is 3. The molecule has 154 valence electrons. The predicted molar refractivity (Wildman–Crippen MR) is 102 cm³/mol. The van der Waals surface area contributed by atoms with E-state index in [1.807, 2.05) is 0 Å². The summed E-state index contributed by atoms with van der Waals surface area (Å²) in [5.41, 5.74) is -1.84. The van der Waals surface area contributed by atoms with Gasteiger partial charge in [0.05, 0.1) is 24.2 Å². The number of anilines is 1. The SMILES string of the molecule is COCCn1c(=O)c2sccc2n(CC(=O)Nc2cccc(C(F)(F)F)c2)c1=O. The Labute approximate surface area is 166 Å². The Kier molecular flexibility index (Phi) is 5.89. The van der Waals surface area contributed by atoms with Crippen LogP contribution in [0.1, 0.15) is 5.56 Å². The first-order valence-electron chi connectivity index (χ1n) is 8.39. The summed E-state index contributed by atoms with van der Waals surface area (Å²) < 4.78 is 45.8. The smallest absolute Gasteiger partial charge is 0.383 e. The molecule has 0 aliphatic heterocycles. The Morgan fingerprint density at radius 3 is 2.66 bits per heavy atom. The normalized spacial score (nSPS) is 11.7. The molecule has 1 aromatic carbocycles. The molecule has 2 heterocycles. The van der Waals surface area contributed by atoms with Gasteiger partial charge >= 0.3 is 11.9 Å². The van der Waals surface area contributed by atoms with Gasteiger partial charge in [0, 0.05) is 12.8 Å². The summed E-state index contributed by atoms with van der Waals surface area (Å²) in [6.45, 7) is -0.324. The van der Waals surface area contributed by atoms with Gasteiger partial charge in [-0.15, -0.1) is 11.3 Å². The Morgan fingerprint density at radius 2 is 1.97 bits per heavy atom. The molecule has 1 amide bonds. The molecule has 0 aliphatic rings. The van der Waals surface area contributed by atoms with Crippen molar-refractivity contribution in [3.63, 3.8) is 0 Å². The first-order valence-corrected chi connectivity index (χ1v) is 9.27. The number of hydrogen-bond acceptors (Lipinski definition) is 5. The number of alkyl halides is 3. The minimum atomic E-state index is -4.54. The standard InChI is InChI=1S/C18H16F3N3O4S/c1-28-7-6-23-16(26)15-13(5-8-29-15)24(17(23)27)10-14(25)22-12-4-2-3-11(9-12)18(19,20)21/h2-5,8-9H,6-7,10H2,1H3,(H,22,25). The van der Waals surface area contributed by atoms with E-state index < -0.39 is 35.4 Å². The van der Waals surface area contributed by atoms with Crippen LogP contribution in [-0.4, -0.2) is 28.8 Å². The molecule has 29 heavy (non-hydrogen) atoms. The molecule has 7 nitrogen and oxygen atoms in total. The van der Waals surface area contributed by atoms with E-state index in [2.05, 4.69) is 5.32 Å². The zero-order chi connectivity index (χ0) is 21.2. The second-order valence-electron chi connectivity index (χ2n) is 6.08. The maximum atomic E-state index is 12.8. The van der Waals surface area contributed by atoms with Crippen molar-refractivity contribution in [3.05, 3.63) is 62.1 Å². The number of fused-ring (bicyclic) bond motifs is 1. The van der Waals surface area contributed by atoms with Crippen LogP contribution in [0.2, 0.25) is 0 Å². The van der Waals surface area contributed by atoms with Crippen molar-refractivity contribution in [1.82, 2.24) is 9.13 Å².